The minimum atomic E-state index is -0.0324. The summed E-state index contributed by atoms with van der Waals surface area (Å²) in [6.45, 7) is 10.5. The lowest BCUT2D eigenvalue weighted by Crippen LogP contribution is -2.35. The van der Waals surface area contributed by atoms with Gasteiger partial charge in [0.15, 0.2) is 16.7 Å². The fourth-order valence-corrected chi connectivity index (χ4v) is 4.83. The number of amides is 1. The number of carbonyl (C=O) groups excluding carboxylic acids is 1. The number of carbonyl (C=O) groups is 1. The third kappa shape index (κ3) is 5.75. The number of aryl methyl sites for hydroxylation is 1. The molecule has 0 unspecified atom stereocenters. The Morgan fingerprint density at radius 1 is 1.12 bits per heavy atom. The zero-order valence-electron chi connectivity index (χ0n) is 19.3. The van der Waals surface area contributed by atoms with Crippen LogP contribution >= 0.6 is 27.7 Å². The number of aliphatic imine (C=N–C) groups is 1. The summed E-state index contributed by atoms with van der Waals surface area (Å²) in [5, 5.41) is 0.743. The van der Waals surface area contributed by atoms with Crippen molar-refractivity contribution in [3.63, 3.8) is 0 Å². The molecule has 0 radical (unpaired) electrons. The van der Waals surface area contributed by atoms with Crippen LogP contribution in [0.25, 0.3) is 6.08 Å². The van der Waals surface area contributed by atoms with Crippen LogP contribution in [0, 0.1) is 6.92 Å². The van der Waals surface area contributed by atoms with Gasteiger partial charge in [-0.25, -0.2) is 0 Å². The Morgan fingerprint density at radius 2 is 1.81 bits per heavy atom. The van der Waals surface area contributed by atoms with E-state index >= 15 is 0 Å². The highest BCUT2D eigenvalue weighted by molar-refractivity contribution is 9.10. The molecule has 2 aromatic carbocycles. The summed E-state index contributed by atoms with van der Waals surface area (Å²) in [6, 6.07) is 12.1. The zero-order chi connectivity index (χ0) is 23.4. The molecule has 32 heavy (non-hydrogen) atoms. The van der Waals surface area contributed by atoms with E-state index in [-0.39, 0.29) is 18.0 Å². The Labute approximate surface area is 203 Å². The van der Waals surface area contributed by atoms with Crippen molar-refractivity contribution in [3.05, 3.63) is 62.5 Å². The predicted molar refractivity (Wildman–Crippen MR) is 136 cm³/mol. The van der Waals surface area contributed by atoms with E-state index in [0.29, 0.717) is 23.0 Å². The maximum Gasteiger partial charge on any atom is 0.266 e. The van der Waals surface area contributed by atoms with E-state index in [4.69, 9.17) is 9.47 Å². The van der Waals surface area contributed by atoms with Gasteiger partial charge in [0.25, 0.3) is 5.91 Å². The lowest BCUT2D eigenvalue weighted by atomic mass is 10.1. The van der Waals surface area contributed by atoms with Crippen molar-refractivity contribution in [1.29, 1.82) is 0 Å². The molecule has 1 aliphatic heterocycles. The molecule has 0 spiro atoms. The number of nitrogens with zero attached hydrogens (tertiary/aromatic N) is 2. The summed E-state index contributed by atoms with van der Waals surface area (Å²) < 4.78 is 12.4. The first-order chi connectivity index (χ1) is 15.2. The molecule has 3 rings (SSSR count). The zero-order valence-corrected chi connectivity index (χ0v) is 21.7. The molecular formula is C25H29BrN2O3S. The van der Waals surface area contributed by atoms with Gasteiger partial charge in [0.1, 0.15) is 6.61 Å². The summed E-state index contributed by atoms with van der Waals surface area (Å²) in [6.07, 6.45) is 1.88. The average molecular weight is 517 g/mol. The first-order valence-corrected chi connectivity index (χ1v) is 12.2. The minimum Gasteiger partial charge on any atom is -0.493 e. The first-order valence-electron chi connectivity index (χ1n) is 10.6. The summed E-state index contributed by atoms with van der Waals surface area (Å²) in [5.74, 6) is 1.22. The van der Waals surface area contributed by atoms with E-state index in [1.165, 1.54) is 17.3 Å². The summed E-state index contributed by atoms with van der Waals surface area (Å²) in [5.41, 5.74) is 3.14. The van der Waals surface area contributed by atoms with Crippen molar-refractivity contribution in [2.75, 3.05) is 7.11 Å². The summed E-state index contributed by atoms with van der Waals surface area (Å²) in [4.78, 5) is 20.1. The van der Waals surface area contributed by atoms with Crippen molar-refractivity contribution in [2.24, 2.45) is 4.99 Å². The SMILES string of the molecule is COc1cc(/C=C2/SC(=NC(C)C)N(C(C)C)C2=O)c(Br)cc1OCc1ccc(C)cc1. The number of hydrogen-bond donors (Lipinski definition) is 0. The molecule has 0 aliphatic carbocycles. The number of hydrogen-bond acceptors (Lipinski definition) is 5. The third-order valence-electron chi connectivity index (χ3n) is 4.81. The van der Waals surface area contributed by atoms with E-state index in [0.717, 1.165) is 20.8 Å². The molecule has 1 fully saturated rings. The highest BCUT2D eigenvalue weighted by Crippen LogP contribution is 2.39. The molecule has 7 heteroatoms. The number of rotatable bonds is 7. The number of thioether (sulfide) groups is 1. The predicted octanol–water partition coefficient (Wildman–Crippen LogP) is 6.43. The number of methoxy groups -OCH3 is 1. The molecule has 170 valence electrons. The normalized spacial score (nSPS) is 16.7. The number of amidine groups is 1. The fourth-order valence-electron chi connectivity index (χ4n) is 3.17. The molecule has 0 aromatic heterocycles. The molecule has 1 amide bonds. The molecule has 1 heterocycles. The van der Waals surface area contributed by atoms with E-state index in [1.54, 1.807) is 12.0 Å². The minimum absolute atomic E-state index is 0.0324. The number of ether oxygens (including phenoxy) is 2. The largest absolute Gasteiger partial charge is 0.493 e. The van der Waals surface area contributed by atoms with Crippen molar-refractivity contribution in [2.45, 2.75) is 53.3 Å². The van der Waals surface area contributed by atoms with Crippen LogP contribution in [-0.4, -0.2) is 35.2 Å². The smallest absolute Gasteiger partial charge is 0.266 e. The van der Waals surface area contributed by atoms with Crippen LogP contribution in [0.5, 0.6) is 11.5 Å². The van der Waals surface area contributed by atoms with E-state index in [1.807, 2.05) is 45.9 Å². The van der Waals surface area contributed by atoms with Gasteiger partial charge in [-0.05, 0) is 75.7 Å². The van der Waals surface area contributed by atoms with Gasteiger partial charge in [-0.1, -0.05) is 45.8 Å². The van der Waals surface area contributed by atoms with E-state index in [2.05, 4.69) is 52.1 Å². The molecule has 2 aromatic rings. The maximum atomic E-state index is 13.0. The van der Waals surface area contributed by atoms with Crippen molar-refractivity contribution in [3.8, 4) is 11.5 Å². The van der Waals surface area contributed by atoms with Gasteiger partial charge in [0, 0.05) is 16.6 Å². The van der Waals surface area contributed by atoms with Gasteiger partial charge in [0.05, 0.1) is 12.0 Å². The molecule has 5 nitrogen and oxygen atoms in total. The van der Waals surface area contributed by atoms with Gasteiger partial charge in [-0.3, -0.25) is 14.7 Å². The second kappa shape index (κ2) is 10.6. The van der Waals surface area contributed by atoms with Crippen LogP contribution in [0.2, 0.25) is 0 Å². The quantitative estimate of drug-likeness (QED) is 0.397. The average Bonchev–Trinajstić information content (AvgIpc) is 3.03. The molecular weight excluding hydrogens is 488 g/mol. The van der Waals surface area contributed by atoms with Crippen LogP contribution in [0.1, 0.15) is 44.4 Å². The van der Waals surface area contributed by atoms with Crippen LogP contribution in [0.3, 0.4) is 0 Å². The van der Waals surface area contributed by atoms with Gasteiger partial charge in [-0.15, -0.1) is 0 Å². The van der Waals surface area contributed by atoms with E-state index in [9.17, 15) is 4.79 Å². The third-order valence-corrected chi connectivity index (χ3v) is 6.49. The van der Waals surface area contributed by atoms with Crippen LogP contribution < -0.4 is 9.47 Å². The number of halogens is 1. The molecule has 1 saturated heterocycles. The topological polar surface area (TPSA) is 51.1 Å². The van der Waals surface area contributed by atoms with Crippen LogP contribution in [0.15, 0.2) is 50.8 Å². The van der Waals surface area contributed by atoms with Crippen molar-refractivity contribution < 1.29 is 14.3 Å². The fraction of sp³-hybridized carbons (Fsp3) is 0.360. The maximum absolute atomic E-state index is 13.0. The van der Waals surface area contributed by atoms with Crippen molar-refractivity contribution >= 4 is 44.8 Å². The second-order valence-electron chi connectivity index (χ2n) is 8.18. The summed E-state index contributed by atoms with van der Waals surface area (Å²) in [7, 11) is 1.61. The van der Waals surface area contributed by atoms with Gasteiger partial charge in [-0.2, -0.15) is 0 Å². The molecule has 0 bridgehead atoms. The monoisotopic (exact) mass is 516 g/mol. The molecule has 0 atom stereocenters. The second-order valence-corrected chi connectivity index (χ2v) is 10.0. The lowest BCUT2D eigenvalue weighted by molar-refractivity contribution is -0.123. The van der Waals surface area contributed by atoms with E-state index < -0.39 is 0 Å². The summed E-state index contributed by atoms with van der Waals surface area (Å²) >= 11 is 5.04. The Morgan fingerprint density at radius 3 is 2.41 bits per heavy atom. The Bertz CT molecular complexity index is 1050. The Kier molecular flexibility index (Phi) is 8.06. The van der Waals surface area contributed by atoms with Gasteiger partial charge >= 0.3 is 0 Å². The van der Waals surface area contributed by atoms with Crippen molar-refractivity contribution in [1.82, 2.24) is 4.90 Å². The standard InChI is InChI=1S/C25H29BrN2O3S/c1-15(2)27-25-28(16(3)4)24(29)23(32-25)12-19-11-21(30-6)22(13-20(19)26)31-14-18-9-7-17(5)8-10-18/h7-13,15-16H,14H2,1-6H3/b23-12+,27-25?. The Hall–Kier alpha value is -2.25. The van der Waals surface area contributed by atoms with Crippen LogP contribution in [-0.2, 0) is 11.4 Å². The highest BCUT2D eigenvalue weighted by atomic mass is 79.9. The Balaban J connectivity index is 1.87. The first kappa shape index (κ1) is 24.4. The molecule has 0 saturated carbocycles. The van der Waals surface area contributed by atoms with Crippen LogP contribution in [0.4, 0.5) is 0 Å². The molecule has 0 N–H and O–H groups in total. The lowest BCUT2D eigenvalue weighted by Gasteiger charge is -2.20. The van der Waals surface area contributed by atoms with Gasteiger partial charge < -0.3 is 9.47 Å². The molecule has 1 aliphatic rings. The van der Waals surface area contributed by atoms with Gasteiger partial charge in [0.2, 0.25) is 0 Å². The number of benzene rings is 2. The highest BCUT2D eigenvalue weighted by Gasteiger charge is 2.35.